The van der Waals surface area contributed by atoms with Gasteiger partial charge in [-0.05, 0) is 37.1 Å². The normalized spacial score (nSPS) is 26.7. The molecule has 1 aromatic carbocycles. The third-order valence-electron chi connectivity index (χ3n) is 5.28. The van der Waals surface area contributed by atoms with Crippen LogP contribution in [0.4, 0.5) is 0 Å². The smallest absolute Gasteiger partial charge is 0.184 e. The van der Waals surface area contributed by atoms with Crippen molar-refractivity contribution in [2.24, 2.45) is 0 Å². The van der Waals surface area contributed by atoms with Gasteiger partial charge in [0.25, 0.3) is 0 Å². The lowest BCUT2D eigenvalue weighted by molar-refractivity contribution is -0.294. The number of ether oxygens (including phenoxy) is 3. The number of aliphatic hydroxyl groups is 4. The highest BCUT2D eigenvalue weighted by molar-refractivity contribution is 5.79. The molecule has 0 aliphatic carbocycles. The lowest BCUT2D eigenvalue weighted by atomic mass is 9.99. The van der Waals surface area contributed by atoms with Crippen LogP contribution in [0.5, 0.6) is 5.75 Å². The molecule has 5 atom stereocenters. The number of aliphatic hydroxyl groups excluding tert-OH is 4. The molecule has 166 valence electrons. The van der Waals surface area contributed by atoms with E-state index < -0.39 is 37.3 Å². The quantitative estimate of drug-likeness (QED) is 0.402. The summed E-state index contributed by atoms with van der Waals surface area (Å²) in [6.45, 7) is 0.553. The summed E-state index contributed by atoms with van der Waals surface area (Å²) in [5, 5.41) is 39.9. The average Bonchev–Trinajstić information content (AvgIpc) is 2.77. The van der Waals surface area contributed by atoms with E-state index in [2.05, 4.69) is 4.98 Å². The number of hydrogen-bond acceptors (Lipinski definition) is 8. The number of pyridine rings is 1. The van der Waals surface area contributed by atoms with Crippen molar-refractivity contribution in [3.05, 3.63) is 36.5 Å². The predicted octanol–water partition coefficient (Wildman–Crippen LogP) is 1.38. The standard InChI is InChI=1S/C22H31NO7/c24-14-18-19(25)21(20(26)22(27)30-18)29-12-5-3-1-2-4-11-28-16-8-9-17-15(13-16)7-6-10-23-17/h6-10,13,18-22,24-27H,1-5,11-12,14H2/t18-,19-,20-,21+,22?/m1/s1. The van der Waals surface area contributed by atoms with Crippen LogP contribution >= 0.6 is 0 Å². The maximum absolute atomic E-state index is 10.1. The zero-order chi connectivity index (χ0) is 21.3. The van der Waals surface area contributed by atoms with Crippen LogP contribution in [0.3, 0.4) is 0 Å². The number of benzene rings is 1. The van der Waals surface area contributed by atoms with E-state index in [9.17, 15) is 15.3 Å². The van der Waals surface area contributed by atoms with Crippen molar-refractivity contribution in [2.75, 3.05) is 19.8 Å². The third-order valence-corrected chi connectivity index (χ3v) is 5.28. The van der Waals surface area contributed by atoms with Crippen LogP contribution in [0.15, 0.2) is 36.5 Å². The molecule has 1 aromatic heterocycles. The summed E-state index contributed by atoms with van der Waals surface area (Å²) in [5.41, 5.74) is 0.953. The number of rotatable bonds is 11. The summed E-state index contributed by atoms with van der Waals surface area (Å²) in [4.78, 5) is 4.29. The molecule has 3 rings (SSSR count). The van der Waals surface area contributed by atoms with Crippen LogP contribution in [0.25, 0.3) is 10.9 Å². The van der Waals surface area contributed by atoms with Crippen molar-refractivity contribution >= 4 is 10.9 Å². The fraction of sp³-hybridized carbons (Fsp3) is 0.591. The molecule has 2 aromatic rings. The Morgan fingerprint density at radius 2 is 1.70 bits per heavy atom. The van der Waals surface area contributed by atoms with Crippen LogP contribution in [-0.2, 0) is 9.47 Å². The van der Waals surface area contributed by atoms with Crippen LogP contribution in [-0.4, -0.2) is 75.9 Å². The highest BCUT2D eigenvalue weighted by Crippen LogP contribution is 2.23. The first-order valence-corrected chi connectivity index (χ1v) is 10.5. The Kier molecular flexibility index (Phi) is 8.80. The molecule has 0 amide bonds. The van der Waals surface area contributed by atoms with E-state index in [4.69, 9.17) is 19.3 Å². The molecule has 1 aliphatic heterocycles. The van der Waals surface area contributed by atoms with Crippen LogP contribution in [0, 0.1) is 0 Å². The molecule has 8 heteroatoms. The van der Waals surface area contributed by atoms with Gasteiger partial charge in [0.15, 0.2) is 6.29 Å². The first-order valence-electron chi connectivity index (χ1n) is 10.5. The monoisotopic (exact) mass is 421 g/mol. The van der Waals surface area contributed by atoms with E-state index >= 15 is 0 Å². The maximum Gasteiger partial charge on any atom is 0.184 e. The summed E-state index contributed by atoms with van der Waals surface area (Å²) >= 11 is 0. The van der Waals surface area contributed by atoms with Gasteiger partial charge in [0.2, 0.25) is 0 Å². The Hall–Kier alpha value is -1.81. The Morgan fingerprint density at radius 3 is 2.50 bits per heavy atom. The van der Waals surface area contributed by atoms with Gasteiger partial charge in [-0.1, -0.05) is 25.3 Å². The Labute approximate surface area is 176 Å². The molecule has 0 radical (unpaired) electrons. The zero-order valence-corrected chi connectivity index (χ0v) is 17.0. The predicted molar refractivity (Wildman–Crippen MR) is 110 cm³/mol. The molecule has 1 aliphatic rings. The van der Waals surface area contributed by atoms with E-state index in [0.29, 0.717) is 13.2 Å². The van der Waals surface area contributed by atoms with E-state index in [1.807, 2.05) is 30.3 Å². The first-order chi connectivity index (χ1) is 14.6. The maximum atomic E-state index is 10.1. The largest absolute Gasteiger partial charge is 0.494 e. The molecule has 30 heavy (non-hydrogen) atoms. The minimum atomic E-state index is -1.48. The average molecular weight is 421 g/mol. The Morgan fingerprint density at radius 1 is 0.933 bits per heavy atom. The third kappa shape index (κ3) is 6.10. The van der Waals surface area contributed by atoms with E-state index in [1.54, 1.807) is 6.20 Å². The minimum absolute atomic E-state index is 0.352. The van der Waals surface area contributed by atoms with Gasteiger partial charge in [-0.2, -0.15) is 0 Å². The molecular formula is C22H31NO7. The molecular weight excluding hydrogens is 390 g/mol. The van der Waals surface area contributed by atoms with Crippen molar-refractivity contribution < 1.29 is 34.6 Å². The van der Waals surface area contributed by atoms with Crippen molar-refractivity contribution in [1.82, 2.24) is 4.98 Å². The van der Waals surface area contributed by atoms with Gasteiger partial charge in [0.05, 0.1) is 18.7 Å². The lowest BCUT2D eigenvalue weighted by Crippen LogP contribution is -2.59. The zero-order valence-electron chi connectivity index (χ0n) is 17.0. The van der Waals surface area contributed by atoms with Gasteiger partial charge in [-0.3, -0.25) is 4.98 Å². The second kappa shape index (κ2) is 11.5. The van der Waals surface area contributed by atoms with Crippen molar-refractivity contribution in [3.63, 3.8) is 0 Å². The topological polar surface area (TPSA) is 122 Å². The highest BCUT2D eigenvalue weighted by Gasteiger charge is 2.44. The van der Waals surface area contributed by atoms with Gasteiger partial charge in [0.1, 0.15) is 30.2 Å². The number of nitrogens with zero attached hydrogens (tertiary/aromatic N) is 1. The van der Waals surface area contributed by atoms with Crippen molar-refractivity contribution in [1.29, 1.82) is 0 Å². The van der Waals surface area contributed by atoms with Crippen LogP contribution < -0.4 is 4.74 Å². The van der Waals surface area contributed by atoms with Crippen LogP contribution in [0.2, 0.25) is 0 Å². The highest BCUT2D eigenvalue weighted by atomic mass is 16.6. The van der Waals surface area contributed by atoms with Gasteiger partial charge in [-0.25, -0.2) is 0 Å². The molecule has 0 saturated carbocycles. The van der Waals surface area contributed by atoms with Crippen molar-refractivity contribution in [3.8, 4) is 5.75 Å². The van der Waals surface area contributed by atoms with E-state index in [0.717, 1.165) is 48.8 Å². The van der Waals surface area contributed by atoms with Gasteiger partial charge < -0.3 is 34.6 Å². The molecule has 1 saturated heterocycles. The second-order valence-electron chi connectivity index (χ2n) is 7.54. The summed E-state index contributed by atoms with van der Waals surface area (Å²) in [6, 6.07) is 9.81. The number of fused-ring (bicyclic) bond motifs is 1. The van der Waals surface area contributed by atoms with Gasteiger partial charge >= 0.3 is 0 Å². The first kappa shape index (κ1) is 22.9. The van der Waals surface area contributed by atoms with Gasteiger partial charge in [-0.15, -0.1) is 0 Å². The van der Waals surface area contributed by atoms with Crippen molar-refractivity contribution in [2.45, 2.75) is 62.8 Å². The molecule has 0 bridgehead atoms. The fourth-order valence-electron chi connectivity index (χ4n) is 3.55. The minimum Gasteiger partial charge on any atom is -0.494 e. The Balaban J connectivity index is 1.26. The van der Waals surface area contributed by atoms with Gasteiger partial charge in [0, 0.05) is 18.2 Å². The summed E-state index contributed by atoms with van der Waals surface area (Å²) in [7, 11) is 0. The molecule has 8 nitrogen and oxygen atoms in total. The van der Waals surface area contributed by atoms with Crippen LogP contribution in [0.1, 0.15) is 32.1 Å². The molecule has 1 unspecified atom stereocenters. The molecule has 0 spiro atoms. The van der Waals surface area contributed by atoms with E-state index in [-0.39, 0.29) is 0 Å². The fourth-order valence-corrected chi connectivity index (χ4v) is 3.55. The number of aromatic nitrogens is 1. The molecule has 2 heterocycles. The summed E-state index contributed by atoms with van der Waals surface area (Å²) < 4.78 is 16.3. The summed E-state index contributed by atoms with van der Waals surface area (Å²) in [6.07, 6.45) is 0.557. The second-order valence-corrected chi connectivity index (χ2v) is 7.54. The SMILES string of the molecule is OC[C@H]1OC(O)[C@H](O)[C@@H](OCCCCCCCOc2ccc3ncccc3c2)[C@@H]1O. The summed E-state index contributed by atoms with van der Waals surface area (Å²) in [5.74, 6) is 0.848. The number of hydrogen-bond donors (Lipinski definition) is 4. The number of unbranched alkanes of at least 4 members (excludes halogenated alkanes) is 4. The van der Waals surface area contributed by atoms with E-state index in [1.165, 1.54) is 0 Å². The Bertz CT molecular complexity index is 774. The molecule has 1 fully saturated rings. The molecule has 4 N–H and O–H groups in total. The lowest BCUT2D eigenvalue weighted by Gasteiger charge is -2.39.